The number of hydrogen-bond acceptors (Lipinski definition) is 2. The topological polar surface area (TPSA) is 29.5 Å². The Morgan fingerprint density at radius 3 is 2.35 bits per heavy atom. The fraction of sp³-hybridized carbons (Fsp3) is 1.00. The van der Waals surface area contributed by atoms with Gasteiger partial charge in [-0.2, -0.15) is 0 Å². The summed E-state index contributed by atoms with van der Waals surface area (Å²) >= 11 is 0. The molecule has 0 aliphatic heterocycles. The van der Waals surface area contributed by atoms with E-state index in [9.17, 15) is 5.11 Å². The van der Waals surface area contributed by atoms with Crippen molar-refractivity contribution in [2.75, 3.05) is 7.11 Å². The summed E-state index contributed by atoms with van der Waals surface area (Å²) in [7, 11) is 2.00. The van der Waals surface area contributed by atoms with Crippen LogP contribution in [0.2, 0.25) is 0 Å². The van der Waals surface area contributed by atoms with Gasteiger partial charge in [0.1, 0.15) is 0 Å². The Labute approximate surface area is 192 Å². The van der Waals surface area contributed by atoms with Gasteiger partial charge in [-0.05, 0) is 116 Å². The maximum absolute atomic E-state index is 11.2. The van der Waals surface area contributed by atoms with Gasteiger partial charge in [0.2, 0.25) is 0 Å². The van der Waals surface area contributed by atoms with E-state index in [0.717, 1.165) is 30.1 Å². The number of aliphatic hydroxyl groups excluding tert-OH is 1. The molecule has 5 aliphatic rings. The second-order valence-corrected chi connectivity index (χ2v) is 13.8. The highest BCUT2D eigenvalue weighted by molar-refractivity contribution is 5.26. The highest BCUT2D eigenvalue weighted by atomic mass is 16.5. The molecule has 5 saturated carbocycles. The third-order valence-corrected chi connectivity index (χ3v) is 12.9. The Bertz CT molecular complexity index is 688. The maximum atomic E-state index is 11.2. The van der Waals surface area contributed by atoms with E-state index in [1.165, 1.54) is 51.4 Å². The number of fused-ring (bicyclic) bond motifs is 4. The average Bonchev–Trinajstić information content (AvgIpc) is 3.24. The summed E-state index contributed by atoms with van der Waals surface area (Å²) in [4.78, 5) is 0. The van der Waals surface area contributed by atoms with Crippen molar-refractivity contribution in [3.05, 3.63) is 0 Å². The van der Waals surface area contributed by atoms with Gasteiger partial charge in [-0.25, -0.2) is 0 Å². The average molecular weight is 431 g/mol. The quantitative estimate of drug-likeness (QED) is 0.494. The summed E-state index contributed by atoms with van der Waals surface area (Å²) in [6, 6.07) is 0. The third kappa shape index (κ3) is 2.95. The van der Waals surface area contributed by atoms with Crippen LogP contribution in [-0.2, 0) is 4.74 Å². The van der Waals surface area contributed by atoms with Crippen LogP contribution in [0, 0.1) is 63.6 Å². The largest absolute Gasteiger partial charge is 0.393 e. The van der Waals surface area contributed by atoms with E-state index in [0.29, 0.717) is 46.0 Å². The lowest BCUT2D eigenvalue weighted by Gasteiger charge is -2.61. The van der Waals surface area contributed by atoms with Crippen LogP contribution < -0.4 is 0 Å². The molecule has 0 aromatic heterocycles. The van der Waals surface area contributed by atoms with Crippen molar-refractivity contribution in [2.45, 2.75) is 112 Å². The molecule has 12 unspecified atom stereocenters. The molecule has 0 aromatic rings. The van der Waals surface area contributed by atoms with E-state index in [4.69, 9.17) is 4.74 Å². The first-order valence-corrected chi connectivity index (χ1v) is 13.8. The molecule has 0 radical (unpaired) electrons. The van der Waals surface area contributed by atoms with Gasteiger partial charge in [-0.3, -0.25) is 0 Å². The molecule has 2 heteroatoms. The molecule has 2 nitrogen and oxygen atoms in total. The van der Waals surface area contributed by atoms with Gasteiger partial charge in [0.25, 0.3) is 0 Å². The summed E-state index contributed by atoms with van der Waals surface area (Å²) in [5, 5.41) is 11.2. The van der Waals surface area contributed by atoms with Crippen LogP contribution in [-0.4, -0.2) is 24.4 Å². The maximum Gasteiger partial charge on any atom is 0.0638 e. The van der Waals surface area contributed by atoms with Crippen LogP contribution in [0.25, 0.3) is 0 Å². The predicted octanol–water partition coefficient (Wildman–Crippen LogP) is 6.95. The Morgan fingerprint density at radius 2 is 1.71 bits per heavy atom. The Hall–Kier alpha value is -0.0800. The molecule has 5 aliphatic carbocycles. The first-order chi connectivity index (χ1) is 14.6. The summed E-state index contributed by atoms with van der Waals surface area (Å²) in [5.41, 5.74) is 1.48. The van der Waals surface area contributed by atoms with Crippen molar-refractivity contribution in [3.8, 4) is 0 Å². The van der Waals surface area contributed by atoms with Crippen molar-refractivity contribution in [2.24, 2.45) is 63.6 Å². The number of methoxy groups -OCH3 is 1. The highest BCUT2D eigenvalue weighted by Gasteiger charge is 2.77. The van der Waals surface area contributed by atoms with Crippen molar-refractivity contribution < 1.29 is 9.84 Å². The van der Waals surface area contributed by atoms with E-state index in [1.54, 1.807) is 0 Å². The zero-order valence-corrected chi connectivity index (χ0v) is 21.5. The first kappa shape index (κ1) is 22.7. The standard InChI is InChI=1S/C29H50O2/c1-17(2)18(3)14-25(30)19(4)22-8-9-23-21-15-26(31-7)29-16-20(29)10-13-28(29,6)24(21)11-12-27(22,23)5/h17-26,30H,8-16H2,1-7H3. The molecule has 178 valence electrons. The molecule has 0 saturated heterocycles. The van der Waals surface area contributed by atoms with Crippen LogP contribution in [0.15, 0.2) is 0 Å². The smallest absolute Gasteiger partial charge is 0.0638 e. The molecule has 5 fully saturated rings. The van der Waals surface area contributed by atoms with Crippen molar-refractivity contribution in [3.63, 3.8) is 0 Å². The van der Waals surface area contributed by atoms with Gasteiger partial charge in [0.15, 0.2) is 0 Å². The number of rotatable bonds is 6. The number of aliphatic hydroxyl groups is 1. The first-order valence-electron chi connectivity index (χ1n) is 13.8. The van der Waals surface area contributed by atoms with Crippen LogP contribution >= 0.6 is 0 Å². The molecule has 0 amide bonds. The van der Waals surface area contributed by atoms with Gasteiger partial charge < -0.3 is 9.84 Å². The zero-order valence-electron chi connectivity index (χ0n) is 21.5. The lowest BCUT2D eigenvalue weighted by atomic mass is 9.45. The summed E-state index contributed by atoms with van der Waals surface area (Å²) in [5.74, 6) is 5.95. The summed E-state index contributed by atoms with van der Waals surface area (Å²) in [6.45, 7) is 14.6. The number of hydrogen-bond donors (Lipinski definition) is 1. The van der Waals surface area contributed by atoms with Gasteiger partial charge >= 0.3 is 0 Å². The van der Waals surface area contributed by atoms with Gasteiger partial charge in [-0.15, -0.1) is 0 Å². The van der Waals surface area contributed by atoms with Crippen molar-refractivity contribution in [1.82, 2.24) is 0 Å². The van der Waals surface area contributed by atoms with E-state index < -0.39 is 0 Å². The van der Waals surface area contributed by atoms with Crippen molar-refractivity contribution >= 4 is 0 Å². The van der Waals surface area contributed by atoms with Gasteiger partial charge in [0.05, 0.1) is 12.2 Å². The molecule has 0 bridgehead atoms. The minimum atomic E-state index is -0.142. The van der Waals surface area contributed by atoms with E-state index in [-0.39, 0.29) is 6.10 Å². The van der Waals surface area contributed by atoms with Crippen LogP contribution in [0.5, 0.6) is 0 Å². The minimum Gasteiger partial charge on any atom is -0.393 e. The zero-order chi connectivity index (χ0) is 22.3. The minimum absolute atomic E-state index is 0.142. The molecule has 1 spiro atoms. The lowest BCUT2D eigenvalue weighted by Crippen LogP contribution is -2.57. The van der Waals surface area contributed by atoms with Gasteiger partial charge in [-0.1, -0.05) is 41.5 Å². The fourth-order valence-electron chi connectivity index (χ4n) is 10.6. The fourth-order valence-corrected chi connectivity index (χ4v) is 10.6. The van der Waals surface area contributed by atoms with E-state index in [1.807, 2.05) is 7.11 Å². The van der Waals surface area contributed by atoms with Crippen LogP contribution in [0.4, 0.5) is 0 Å². The second-order valence-electron chi connectivity index (χ2n) is 13.8. The highest BCUT2D eigenvalue weighted by Crippen LogP contribution is 2.82. The molecular weight excluding hydrogens is 380 g/mol. The third-order valence-electron chi connectivity index (χ3n) is 12.9. The molecule has 12 atom stereocenters. The Balaban J connectivity index is 1.37. The summed E-state index contributed by atoms with van der Waals surface area (Å²) in [6.07, 6.45) is 12.6. The monoisotopic (exact) mass is 430 g/mol. The Kier molecular flexibility index (Phi) is 5.46. The lowest BCUT2D eigenvalue weighted by molar-refractivity contribution is -0.162. The second kappa shape index (κ2) is 7.46. The SMILES string of the molecule is COC1CC2C3CCC(C(C)C(O)CC(C)C(C)C)C3(C)CCC2C2(C)CCC3CC312. The Morgan fingerprint density at radius 1 is 0.968 bits per heavy atom. The summed E-state index contributed by atoms with van der Waals surface area (Å²) < 4.78 is 6.28. The molecule has 0 aromatic carbocycles. The van der Waals surface area contributed by atoms with Crippen LogP contribution in [0.3, 0.4) is 0 Å². The van der Waals surface area contributed by atoms with E-state index in [2.05, 4.69) is 41.5 Å². The van der Waals surface area contributed by atoms with Crippen LogP contribution in [0.1, 0.15) is 99.3 Å². The normalized spacial score (nSPS) is 53.3. The predicted molar refractivity (Wildman–Crippen MR) is 128 cm³/mol. The molecule has 0 heterocycles. The van der Waals surface area contributed by atoms with Crippen molar-refractivity contribution in [1.29, 1.82) is 0 Å². The molecular formula is C29H50O2. The molecule has 31 heavy (non-hydrogen) atoms. The number of ether oxygens (including phenoxy) is 1. The van der Waals surface area contributed by atoms with E-state index >= 15 is 0 Å². The molecule has 5 rings (SSSR count). The van der Waals surface area contributed by atoms with Gasteiger partial charge in [0, 0.05) is 12.5 Å². The molecule has 1 N–H and O–H groups in total.